The highest BCUT2D eigenvalue weighted by Crippen LogP contribution is 2.25. The van der Waals surface area contributed by atoms with Crippen molar-refractivity contribution < 1.29 is 5.11 Å². The predicted molar refractivity (Wildman–Crippen MR) is 51.9 cm³/mol. The molecule has 1 heterocycles. The van der Waals surface area contributed by atoms with Gasteiger partial charge in [-0.25, -0.2) is 0 Å². The number of hydrazone groups is 1. The molecule has 0 amide bonds. The lowest BCUT2D eigenvalue weighted by Gasteiger charge is -2.09. The molecule has 0 spiro atoms. The molecule has 0 saturated carbocycles. The molecule has 2 rings (SSSR count). The normalized spacial score (nSPS) is 21.0. The molecular weight excluding hydrogens is 188 g/mol. The molecule has 1 aliphatic rings. The summed E-state index contributed by atoms with van der Waals surface area (Å²) in [6.45, 7) is 0. The smallest absolute Gasteiger partial charge is 0.128 e. The summed E-state index contributed by atoms with van der Waals surface area (Å²) in [6, 6.07) is 7.18. The number of phenolic OH excluding ortho intramolecular Hbond substituents is 1. The number of aromatic hydroxyl groups is 1. The molecule has 13 heavy (non-hydrogen) atoms. The molecular formula is C9H9ClN2O. The number of nitrogens with zero attached hydrogens (tertiary/aromatic N) is 1. The van der Waals surface area contributed by atoms with Crippen molar-refractivity contribution in [3.63, 3.8) is 0 Å². The first-order valence-corrected chi connectivity index (χ1v) is 4.40. The average molecular weight is 197 g/mol. The van der Waals surface area contributed by atoms with Crippen LogP contribution in [0.3, 0.4) is 0 Å². The Morgan fingerprint density at radius 1 is 1.54 bits per heavy atom. The third-order valence-corrected chi connectivity index (χ3v) is 2.23. The van der Waals surface area contributed by atoms with Gasteiger partial charge in [-0.1, -0.05) is 23.7 Å². The second kappa shape index (κ2) is 3.26. The molecule has 1 aromatic rings. The Labute approximate surface area is 81.0 Å². The lowest BCUT2D eigenvalue weighted by molar-refractivity contribution is 0.472. The van der Waals surface area contributed by atoms with E-state index in [0.717, 1.165) is 5.56 Å². The van der Waals surface area contributed by atoms with Gasteiger partial charge in [0.15, 0.2) is 0 Å². The van der Waals surface area contributed by atoms with Crippen molar-refractivity contribution in [1.29, 1.82) is 0 Å². The Kier molecular flexibility index (Phi) is 2.10. The first kappa shape index (κ1) is 8.38. The summed E-state index contributed by atoms with van der Waals surface area (Å²) in [5, 5.41) is 13.7. The van der Waals surface area contributed by atoms with Gasteiger partial charge in [0.05, 0.1) is 6.04 Å². The van der Waals surface area contributed by atoms with Gasteiger partial charge in [-0.3, -0.25) is 0 Å². The number of hydrogen-bond acceptors (Lipinski definition) is 3. The molecule has 0 aromatic heterocycles. The molecule has 2 N–H and O–H groups in total. The Morgan fingerprint density at radius 2 is 2.38 bits per heavy atom. The quantitative estimate of drug-likeness (QED) is 0.722. The maximum absolute atomic E-state index is 9.24. The van der Waals surface area contributed by atoms with Gasteiger partial charge in [-0.05, 0) is 17.7 Å². The minimum atomic E-state index is 0.0969. The van der Waals surface area contributed by atoms with E-state index in [0.29, 0.717) is 11.6 Å². The molecule has 0 aliphatic carbocycles. The van der Waals surface area contributed by atoms with E-state index in [1.165, 1.54) is 0 Å². The van der Waals surface area contributed by atoms with Gasteiger partial charge >= 0.3 is 0 Å². The number of hydrogen-bond donors (Lipinski definition) is 2. The fourth-order valence-corrected chi connectivity index (χ4v) is 1.54. The third kappa shape index (κ3) is 1.75. The highest BCUT2D eigenvalue weighted by atomic mass is 35.5. The van der Waals surface area contributed by atoms with Crippen LogP contribution in [0.4, 0.5) is 0 Å². The highest BCUT2D eigenvalue weighted by molar-refractivity contribution is 6.65. The van der Waals surface area contributed by atoms with E-state index in [4.69, 9.17) is 11.6 Å². The first-order chi connectivity index (χ1) is 6.25. The van der Waals surface area contributed by atoms with Gasteiger partial charge < -0.3 is 10.5 Å². The lowest BCUT2D eigenvalue weighted by Crippen LogP contribution is -2.09. The van der Waals surface area contributed by atoms with E-state index in [2.05, 4.69) is 10.5 Å². The van der Waals surface area contributed by atoms with Crippen LogP contribution in [-0.4, -0.2) is 10.3 Å². The van der Waals surface area contributed by atoms with Crippen LogP contribution >= 0.6 is 11.6 Å². The van der Waals surface area contributed by atoms with Crippen LogP contribution in [0.25, 0.3) is 0 Å². The predicted octanol–water partition coefficient (Wildman–Crippen LogP) is 1.98. The van der Waals surface area contributed by atoms with Crippen LogP contribution in [0.1, 0.15) is 18.0 Å². The molecule has 0 bridgehead atoms. The number of rotatable bonds is 1. The zero-order chi connectivity index (χ0) is 9.26. The van der Waals surface area contributed by atoms with E-state index in [9.17, 15) is 5.11 Å². The second-order valence-electron chi connectivity index (χ2n) is 2.97. The maximum atomic E-state index is 9.24. The SMILES string of the molecule is Oc1cccc(C2CC(Cl)=NN2)c1. The molecule has 68 valence electrons. The van der Waals surface area contributed by atoms with Crippen LogP contribution in [0.5, 0.6) is 5.75 Å². The van der Waals surface area contributed by atoms with E-state index in [1.54, 1.807) is 18.2 Å². The van der Waals surface area contributed by atoms with Gasteiger partial charge in [0.1, 0.15) is 10.9 Å². The Hall–Kier alpha value is -1.22. The minimum Gasteiger partial charge on any atom is -0.508 e. The van der Waals surface area contributed by atoms with Crippen LogP contribution in [0.15, 0.2) is 29.4 Å². The third-order valence-electron chi connectivity index (χ3n) is 1.99. The van der Waals surface area contributed by atoms with E-state index in [-0.39, 0.29) is 11.8 Å². The van der Waals surface area contributed by atoms with E-state index < -0.39 is 0 Å². The Balaban J connectivity index is 2.18. The van der Waals surface area contributed by atoms with Crippen molar-refractivity contribution in [2.45, 2.75) is 12.5 Å². The summed E-state index contributed by atoms with van der Waals surface area (Å²) < 4.78 is 0. The molecule has 4 heteroatoms. The molecule has 1 aromatic carbocycles. The van der Waals surface area contributed by atoms with Crippen LogP contribution in [0, 0.1) is 0 Å². The average Bonchev–Trinajstić information content (AvgIpc) is 2.52. The summed E-state index contributed by atoms with van der Waals surface area (Å²) in [4.78, 5) is 0. The maximum Gasteiger partial charge on any atom is 0.128 e. The zero-order valence-corrected chi connectivity index (χ0v) is 7.62. The summed E-state index contributed by atoms with van der Waals surface area (Å²) in [6.07, 6.45) is 0.686. The number of benzene rings is 1. The standard InChI is InChI=1S/C9H9ClN2O/c10-9-5-8(11-12-9)6-2-1-3-7(13)4-6/h1-4,8,11,13H,5H2. The molecule has 1 aliphatic heterocycles. The molecule has 0 fully saturated rings. The summed E-state index contributed by atoms with van der Waals surface area (Å²) in [5.74, 6) is 0.266. The molecule has 0 saturated heterocycles. The summed E-state index contributed by atoms with van der Waals surface area (Å²) >= 11 is 5.72. The first-order valence-electron chi connectivity index (χ1n) is 4.02. The molecule has 1 unspecified atom stereocenters. The second-order valence-corrected chi connectivity index (χ2v) is 3.41. The Bertz CT molecular complexity index is 351. The van der Waals surface area contributed by atoms with Crippen molar-refractivity contribution in [3.05, 3.63) is 29.8 Å². The van der Waals surface area contributed by atoms with E-state index in [1.807, 2.05) is 6.07 Å². The fourth-order valence-electron chi connectivity index (χ4n) is 1.34. The van der Waals surface area contributed by atoms with Crippen molar-refractivity contribution in [2.75, 3.05) is 0 Å². The van der Waals surface area contributed by atoms with Gasteiger partial charge in [0, 0.05) is 6.42 Å². The fraction of sp³-hybridized carbons (Fsp3) is 0.222. The minimum absolute atomic E-state index is 0.0969. The topological polar surface area (TPSA) is 44.6 Å². The van der Waals surface area contributed by atoms with Crippen LogP contribution in [-0.2, 0) is 0 Å². The largest absolute Gasteiger partial charge is 0.508 e. The van der Waals surface area contributed by atoms with Crippen molar-refractivity contribution >= 4 is 16.8 Å². The molecule has 0 radical (unpaired) electrons. The van der Waals surface area contributed by atoms with Gasteiger partial charge in [-0.15, -0.1) is 0 Å². The van der Waals surface area contributed by atoms with E-state index >= 15 is 0 Å². The van der Waals surface area contributed by atoms with Gasteiger partial charge in [-0.2, -0.15) is 5.10 Å². The summed E-state index contributed by atoms with van der Waals surface area (Å²) in [5.41, 5.74) is 3.89. The van der Waals surface area contributed by atoms with Crippen LogP contribution < -0.4 is 5.43 Å². The van der Waals surface area contributed by atoms with Crippen molar-refractivity contribution in [1.82, 2.24) is 5.43 Å². The summed E-state index contributed by atoms with van der Waals surface area (Å²) in [7, 11) is 0. The molecule has 3 nitrogen and oxygen atoms in total. The van der Waals surface area contributed by atoms with Crippen molar-refractivity contribution in [2.24, 2.45) is 5.10 Å². The Morgan fingerprint density at radius 3 is 3.00 bits per heavy atom. The number of phenols is 1. The molecule has 1 atom stereocenters. The van der Waals surface area contributed by atoms with Crippen molar-refractivity contribution in [3.8, 4) is 5.75 Å². The zero-order valence-electron chi connectivity index (χ0n) is 6.87. The van der Waals surface area contributed by atoms with Gasteiger partial charge in [0.2, 0.25) is 0 Å². The van der Waals surface area contributed by atoms with Crippen LogP contribution in [0.2, 0.25) is 0 Å². The van der Waals surface area contributed by atoms with Gasteiger partial charge in [0.25, 0.3) is 0 Å². The number of nitrogens with one attached hydrogen (secondary N) is 1. The lowest BCUT2D eigenvalue weighted by atomic mass is 10.1. The highest BCUT2D eigenvalue weighted by Gasteiger charge is 2.18. The number of halogens is 1. The monoisotopic (exact) mass is 196 g/mol.